The molecule has 136 valence electrons. The molecule has 3 heterocycles. The van der Waals surface area contributed by atoms with Gasteiger partial charge in [0.05, 0.1) is 24.1 Å². The minimum Gasteiger partial charge on any atom is -0.353 e. The van der Waals surface area contributed by atoms with Crippen molar-refractivity contribution in [2.24, 2.45) is 0 Å². The van der Waals surface area contributed by atoms with Crippen LogP contribution in [0.2, 0.25) is 0 Å². The molecule has 0 aromatic carbocycles. The van der Waals surface area contributed by atoms with Crippen LogP contribution < -0.4 is 0 Å². The van der Waals surface area contributed by atoms with E-state index in [0.717, 1.165) is 5.56 Å². The smallest absolute Gasteiger partial charge is 0.237 e. The summed E-state index contributed by atoms with van der Waals surface area (Å²) in [5.41, 5.74) is 1.44. The number of amides is 1. The summed E-state index contributed by atoms with van der Waals surface area (Å²) in [5.74, 6) is 0.0909. The van der Waals surface area contributed by atoms with Gasteiger partial charge in [0.15, 0.2) is 9.84 Å². The number of likely N-dealkylation sites (N-methyl/N-ethyl adjacent to an activating group) is 1. The number of nitrogens with one attached hydrogen (secondary N) is 1. The van der Waals surface area contributed by atoms with E-state index < -0.39 is 9.84 Å². The first-order valence-corrected chi connectivity index (χ1v) is 10.1. The Bertz CT molecular complexity index is 795. The third-order valence-corrected chi connectivity index (χ3v) is 6.51. The summed E-state index contributed by atoms with van der Waals surface area (Å²) in [4.78, 5) is 21.1. The van der Waals surface area contributed by atoms with Gasteiger partial charge in [0.2, 0.25) is 5.91 Å². The lowest BCUT2D eigenvalue weighted by molar-refractivity contribution is -0.137. The Labute approximate surface area is 147 Å². The Hall–Kier alpha value is -1.89. The molecule has 8 nitrogen and oxygen atoms in total. The maximum atomic E-state index is 12.5. The van der Waals surface area contributed by atoms with Crippen LogP contribution in [0.15, 0.2) is 12.3 Å². The number of hydrogen-bond acceptors (Lipinski definition) is 6. The van der Waals surface area contributed by atoms with E-state index in [1.807, 2.05) is 14.1 Å². The molecule has 1 N–H and O–H groups in total. The van der Waals surface area contributed by atoms with Crippen LogP contribution in [0.5, 0.6) is 0 Å². The Morgan fingerprint density at radius 1 is 1.36 bits per heavy atom. The molecule has 1 amide bonds. The molecule has 25 heavy (non-hydrogen) atoms. The molecule has 1 aromatic heterocycles. The molecule has 0 aliphatic carbocycles. The second-order valence-corrected chi connectivity index (χ2v) is 9.19. The number of hydrogen-bond donors (Lipinski definition) is 1. The van der Waals surface area contributed by atoms with Gasteiger partial charge in [0, 0.05) is 31.9 Å². The van der Waals surface area contributed by atoms with E-state index in [1.165, 1.54) is 0 Å². The van der Waals surface area contributed by atoms with Crippen molar-refractivity contribution in [2.45, 2.75) is 18.6 Å². The number of H-pyrrole nitrogens is 1. The maximum Gasteiger partial charge on any atom is 0.237 e. The zero-order valence-corrected chi connectivity index (χ0v) is 15.3. The lowest BCUT2D eigenvalue weighted by Crippen LogP contribution is -2.61. The fraction of sp³-hybridized carbons (Fsp3) is 0.625. The number of sulfone groups is 1. The lowest BCUT2D eigenvalue weighted by atomic mass is 10.0. The van der Waals surface area contributed by atoms with Crippen LogP contribution in [0.1, 0.15) is 11.3 Å². The number of fused-ring (bicyclic) bond motifs is 1. The molecule has 2 atom stereocenters. The third-order valence-electron chi connectivity index (χ3n) is 4.81. The summed E-state index contributed by atoms with van der Waals surface area (Å²) >= 11 is 0. The summed E-state index contributed by atoms with van der Waals surface area (Å²) in [6.07, 6.45) is 1.78. The predicted molar refractivity (Wildman–Crippen MR) is 92.4 cm³/mol. The minimum absolute atomic E-state index is 0.0230. The molecular weight excluding hydrogens is 342 g/mol. The van der Waals surface area contributed by atoms with Crippen molar-refractivity contribution < 1.29 is 13.2 Å². The van der Waals surface area contributed by atoms with Gasteiger partial charge in [-0.1, -0.05) is 0 Å². The van der Waals surface area contributed by atoms with Gasteiger partial charge in [-0.3, -0.25) is 9.69 Å². The summed E-state index contributed by atoms with van der Waals surface area (Å²) < 4.78 is 24.4. The van der Waals surface area contributed by atoms with Crippen molar-refractivity contribution in [3.63, 3.8) is 0 Å². The summed E-state index contributed by atoms with van der Waals surface area (Å²) in [6.45, 7) is 2.01. The van der Waals surface area contributed by atoms with Crippen LogP contribution >= 0.6 is 0 Å². The Morgan fingerprint density at radius 2 is 2.08 bits per heavy atom. The van der Waals surface area contributed by atoms with Gasteiger partial charge in [0.1, 0.15) is 11.8 Å². The van der Waals surface area contributed by atoms with Gasteiger partial charge in [-0.25, -0.2) is 8.42 Å². The van der Waals surface area contributed by atoms with Crippen LogP contribution in [0.4, 0.5) is 0 Å². The molecule has 0 bridgehead atoms. The van der Waals surface area contributed by atoms with E-state index in [0.29, 0.717) is 25.3 Å². The number of aromatic nitrogens is 1. The highest BCUT2D eigenvalue weighted by molar-refractivity contribution is 7.91. The molecule has 3 rings (SSSR count). The first-order valence-electron chi connectivity index (χ1n) is 8.25. The third kappa shape index (κ3) is 3.86. The quantitative estimate of drug-likeness (QED) is 0.754. The minimum atomic E-state index is -3.16. The Morgan fingerprint density at radius 3 is 2.72 bits per heavy atom. The van der Waals surface area contributed by atoms with Crippen molar-refractivity contribution >= 4 is 15.7 Å². The fourth-order valence-corrected chi connectivity index (χ4v) is 5.73. The molecule has 0 spiro atoms. The molecule has 2 aliphatic heterocycles. The van der Waals surface area contributed by atoms with Crippen molar-refractivity contribution in [1.29, 1.82) is 5.26 Å². The second-order valence-electron chi connectivity index (χ2n) is 7.04. The monoisotopic (exact) mass is 365 g/mol. The summed E-state index contributed by atoms with van der Waals surface area (Å²) in [6, 6.07) is 3.36. The van der Waals surface area contributed by atoms with Gasteiger partial charge in [-0.15, -0.1) is 0 Å². The highest BCUT2D eigenvalue weighted by atomic mass is 32.2. The molecule has 2 fully saturated rings. The molecule has 0 saturated carbocycles. The van der Waals surface area contributed by atoms with Crippen LogP contribution in [-0.2, 0) is 21.2 Å². The number of rotatable bonds is 4. The van der Waals surface area contributed by atoms with E-state index in [-0.39, 0.29) is 36.0 Å². The van der Waals surface area contributed by atoms with E-state index >= 15 is 0 Å². The fourth-order valence-electron chi connectivity index (χ4n) is 3.72. The van der Waals surface area contributed by atoms with Crippen LogP contribution in [0.25, 0.3) is 0 Å². The first-order chi connectivity index (χ1) is 11.8. The highest BCUT2D eigenvalue weighted by Gasteiger charge is 2.47. The average molecular weight is 365 g/mol. The number of nitrogens with zero attached hydrogens (tertiary/aromatic N) is 4. The topological polar surface area (TPSA) is 101 Å². The normalized spacial score (nSPS) is 25.8. The van der Waals surface area contributed by atoms with Crippen molar-refractivity contribution in [2.75, 3.05) is 45.2 Å². The SMILES string of the molecule is CN(C)CC(=O)N1CCN(Cc2c[nH]c(C#N)c2)[C@H]2CS(=O)(=O)C[C@H]21. The van der Waals surface area contributed by atoms with Gasteiger partial charge in [-0.2, -0.15) is 5.26 Å². The maximum absolute atomic E-state index is 12.5. The standard InChI is InChI=1S/C16H23N5O3S/c1-19(2)9-16(22)21-4-3-20(8-12-5-13(6-17)18-7-12)14-10-25(23,24)11-15(14)21/h5,7,14-15,18H,3-4,8-11H2,1-2H3/t14-,15+/m0/s1. The number of nitriles is 1. The Kier molecular flexibility index (Phi) is 4.86. The average Bonchev–Trinajstić information content (AvgIpc) is 3.09. The summed E-state index contributed by atoms with van der Waals surface area (Å²) in [5, 5.41) is 8.92. The van der Waals surface area contributed by atoms with E-state index in [1.54, 1.807) is 22.1 Å². The zero-order valence-electron chi connectivity index (χ0n) is 14.5. The first kappa shape index (κ1) is 17.9. The Balaban J connectivity index is 1.78. The van der Waals surface area contributed by atoms with Gasteiger partial charge in [0.25, 0.3) is 0 Å². The van der Waals surface area contributed by atoms with Crippen LogP contribution in [-0.4, -0.2) is 91.3 Å². The predicted octanol–water partition coefficient (Wildman–Crippen LogP) is -0.742. The van der Waals surface area contributed by atoms with E-state index in [4.69, 9.17) is 5.26 Å². The number of carbonyl (C=O) groups excluding carboxylic acids is 1. The van der Waals surface area contributed by atoms with Gasteiger partial charge in [-0.05, 0) is 25.7 Å². The number of aromatic amines is 1. The van der Waals surface area contributed by atoms with Gasteiger partial charge < -0.3 is 14.8 Å². The van der Waals surface area contributed by atoms with Crippen LogP contribution in [0.3, 0.4) is 0 Å². The van der Waals surface area contributed by atoms with Crippen LogP contribution in [0, 0.1) is 11.3 Å². The lowest BCUT2D eigenvalue weighted by Gasteiger charge is -2.44. The summed E-state index contributed by atoms with van der Waals surface area (Å²) in [7, 11) is 0.500. The molecule has 1 aromatic rings. The van der Waals surface area contributed by atoms with E-state index in [2.05, 4.69) is 16.0 Å². The number of piperazine rings is 1. The highest BCUT2D eigenvalue weighted by Crippen LogP contribution is 2.28. The van der Waals surface area contributed by atoms with E-state index in [9.17, 15) is 13.2 Å². The molecule has 0 radical (unpaired) electrons. The molecule has 9 heteroatoms. The molecule has 2 saturated heterocycles. The van der Waals surface area contributed by atoms with Crippen molar-refractivity contribution in [3.05, 3.63) is 23.5 Å². The largest absolute Gasteiger partial charge is 0.353 e. The molecule has 0 unspecified atom stereocenters. The van der Waals surface area contributed by atoms with Gasteiger partial charge >= 0.3 is 0 Å². The van der Waals surface area contributed by atoms with Crippen molar-refractivity contribution in [1.82, 2.24) is 19.7 Å². The second kappa shape index (κ2) is 6.78. The molecular formula is C16H23N5O3S. The zero-order chi connectivity index (χ0) is 18.2. The molecule has 2 aliphatic rings. The number of carbonyl (C=O) groups is 1. The van der Waals surface area contributed by atoms with Crippen molar-refractivity contribution in [3.8, 4) is 6.07 Å².